The number of hydrogen-bond donors (Lipinski definition) is 1. The Bertz CT molecular complexity index is 561. The predicted molar refractivity (Wildman–Crippen MR) is 63.3 cm³/mol. The van der Waals surface area contributed by atoms with Crippen molar-refractivity contribution in [1.29, 1.82) is 0 Å². The van der Waals surface area contributed by atoms with Gasteiger partial charge in [-0.1, -0.05) is 6.07 Å². The molecule has 0 saturated carbocycles. The van der Waals surface area contributed by atoms with E-state index in [9.17, 15) is 9.90 Å². The fraction of sp³-hybridized carbons (Fsp3) is 0.250. The van der Waals surface area contributed by atoms with Crippen LogP contribution in [0.3, 0.4) is 0 Å². The fourth-order valence-corrected chi connectivity index (χ4v) is 1.93. The van der Waals surface area contributed by atoms with Gasteiger partial charge in [-0.15, -0.1) is 0 Å². The van der Waals surface area contributed by atoms with Crippen LogP contribution < -0.4 is 0 Å². The smallest absolute Gasteiger partial charge is 0.254 e. The van der Waals surface area contributed by atoms with Gasteiger partial charge in [-0.25, -0.2) is 9.67 Å². The Morgan fingerprint density at radius 2 is 2.22 bits per heavy atom. The maximum Gasteiger partial charge on any atom is 0.254 e. The summed E-state index contributed by atoms with van der Waals surface area (Å²) in [5, 5.41) is 13.2. The number of benzene rings is 1. The Hall–Kier alpha value is -2.21. The van der Waals surface area contributed by atoms with Crippen molar-refractivity contribution < 1.29 is 9.90 Å². The number of β-amino-alcohol motifs (C(OH)–C–C–N with tert-alkyl or cyclic N) is 1. The third-order valence-electron chi connectivity index (χ3n) is 2.93. The Labute approximate surface area is 103 Å². The van der Waals surface area contributed by atoms with E-state index in [4.69, 9.17) is 0 Å². The predicted octanol–water partition coefficient (Wildman–Crippen LogP) is 0.0840. The molecule has 0 atom stereocenters. The van der Waals surface area contributed by atoms with Gasteiger partial charge in [0.2, 0.25) is 0 Å². The number of aromatic nitrogens is 3. The van der Waals surface area contributed by atoms with Gasteiger partial charge < -0.3 is 10.0 Å². The average Bonchev–Trinajstić information content (AvgIpc) is 2.88. The highest BCUT2D eigenvalue weighted by molar-refractivity contribution is 5.95. The number of aliphatic hydroxyl groups is 1. The third kappa shape index (κ3) is 1.86. The van der Waals surface area contributed by atoms with E-state index in [2.05, 4.69) is 10.1 Å². The maximum absolute atomic E-state index is 12.1. The molecule has 6 nitrogen and oxygen atoms in total. The van der Waals surface area contributed by atoms with Gasteiger partial charge in [0.05, 0.1) is 11.8 Å². The summed E-state index contributed by atoms with van der Waals surface area (Å²) >= 11 is 0. The second kappa shape index (κ2) is 4.23. The van der Waals surface area contributed by atoms with Crippen molar-refractivity contribution in [3.63, 3.8) is 0 Å². The summed E-state index contributed by atoms with van der Waals surface area (Å²) < 4.78 is 1.60. The molecule has 1 N–H and O–H groups in total. The summed E-state index contributed by atoms with van der Waals surface area (Å²) in [6.07, 6.45) is 2.64. The molecule has 0 spiro atoms. The van der Waals surface area contributed by atoms with Crippen molar-refractivity contribution in [1.82, 2.24) is 19.7 Å². The van der Waals surface area contributed by atoms with Crippen molar-refractivity contribution in [2.45, 2.75) is 6.10 Å². The Morgan fingerprint density at radius 3 is 2.89 bits per heavy atom. The summed E-state index contributed by atoms with van der Waals surface area (Å²) in [4.78, 5) is 17.5. The highest BCUT2D eigenvalue weighted by Gasteiger charge is 2.29. The van der Waals surface area contributed by atoms with Gasteiger partial charge in [0.1, 0.15) is 12.7 Å². The van der Waals surface area contributed by atoms with Crippen LogP contribution in [0.5, 0.6) is 0 Å². The van der Waals surface area contributed by atoms with Gasteiger partial charge in [0.25, 0.3) is 5.91 Å². The molecule has 1 aromatic heterocycles. The van der Waals surface area contributed by atoms with E-state index in [1.807, 2.05) is 6.07 Å². The first-order valence-electron chi connectivity index (χ1n) is 5.66. The summed E-state index contributed by atoms with van der Waals surface area (Å²) in [7, 11) is 0. The SMILES string of the molecule is O=C(c1cccc(-n2cncn2)c1)N1CC(O)C1. The van der Waals surface area contributed by atoms with Crippen LogP contribution >= 0.6 is 0 Å². The van der Waals surface area contributed by atoms with Crippen molar-refractivity contribution >= 4 is 5.91 Å². The third-order valence-corrected chi connectivity index (χ3v) is 2.93. The Kier molecular flexibility index (Phi) is 2.56. The Morgan fingerprint density at radius 1 is 1.39 bits per heavy atom. The molecule has 1 saturated heterocycles. The Balaban J connectivity index is 1.85. The maximum atomic E-state index is 12.1. The van der Waals surface area contributed by atoms with Crippen LogP contribution in [-0.2, 0) is 0 Å². The molecule has 2 aromatic rings. The van der Waals surface area contributed by atoms with E-state index in [0.29, 0.717) is 18.7 Å². The summed E-state index contributed by atoms with van der Waals surface area (Å²) in [6, 6.07) is 7.19. The van der Waals surface area contributed by atoms with E-state index >= 15 is 0 Å². The van der Waals surface area contributed by atoms with E-state index in [-0.39, 0.29) is 12.0 Å². The molecule has 1 aromatic carbocycles. The molecule has 3 rings (SSSR count). The zero-order chi connectivity index (χ0) is 12.5. The topological polar surface area (TPSA) is 71.2 Å². The van der Waals surface area contributed by atoms with Crippen molar-refractivity contribution in [2.24, 2.45) is 0 Å². The van der Waals surface area contributed by atoms with E-state index in [1.165, 1.54) is 6.33 Å². The molecule has 0 bridgehead atoms. The van der Waals surface area contributed by atoms with Crippen LogP contribution in [0.15, 0.2) is 36.9 Å². The first-order valence-corrected chi connectivity index (χ1v) is 5.66. The zero-order valence-corrected chi connectivity index (χ0v) is 9.60. The van der Waals surface area contributed by atoms with Crippen LogP contribution in [-0.4, -0.2) is 49.9 Å². The number of carbonyl (C=O) groups excluding carboxylic acids is 1. The molecule has 0 unspecified atom stereocenters. The van der Waals surface area contributed by atoms with Crippen LogP contribution in [0, 0.1) is 0 Å². The van der Waals surface area contributed by atoms with Gasteiger partial charge in [0, 0.05) is 18.7 Å². The number of rotatable bonds is 2. The first-order chi connectivity index (χ1) is 8.74. The minimum atomic E-state index is -0.382. The molecule has 92 valence electrons. The first kappa shape index (κ1) is 10.9. The molecule has 1 fully saturated rings. The standard InChI is InChI=1S/C12H12N4O2/c17-11-5-15(6-11)12(18)9-2-1-3-10(4-9)16-8-13-7-14-16/h1-4,7-8,11,17H,5-6H2. The number of likely N-dealkylation sites (tertiary alicyclic amines) is 1. The molecule has 0 radical (unpaired) electrons. The van der Waals surface area contributed by atoms with Gasteiger partial charge >= 0.3 is 0 Å². The molecule has 6 heteroatoms. The highest BCUT2D eigenvalue weighted by atomic mass is 16.3. The largest absolute Gasteiger partial charge is 0.389 e. The minimum Gasteiger partial charge on any atom is -0.389 e. The quantitative estimate of drug-likeness (QED) is 0.812. The van der Waals surface area contributed by atoms with Crippen LogP contribution in [0.2, 0.25) is 0 Å². The van der Waals surface area contributed by atoms with Crippen LogP contribution in [0.4, 0.5) is 0 Å². The van der Waals surface area contributed by atoms with Gasteiger partial charge in [-0.05, 0) is 18.2 Å². The molecular formula is C12H12N4O2. The van der Waals surface area contributed by atoms with Crippen molar-refractivity contribution in [3.8, 4) is 5.69 Å². The van der Waals surface area contributed by atoms with Crippen LogP contribution in [0.25, 0.3) is 5.69 Å². The molecule has 18 heavy (non-hydrogen) atoms. The summed E-state index contributed by atoms with van der Waals surface area (Å²) in [6.45, 7) is 0.818. The van der Waals surface area contributed by atoms with E-state index in [1.54, 1.807) is 34.1 Å². The van der Waals surface area contributed by atoms with E-state index in [0.717, 1.165) is 5.69 Å². The summed E-state index contributed by atoms with van der Waals surface area (Å²) in [5.41, 5.74) is 1.38. The van der Waals surface area contributed by atoms with Crippen molar-refractivity contribution in [3.05, 3.63) is 42.5 Å². The molecule has 1 aliphatic heterocycles. The number of carbonyl (C=O) groups is 1. The number of amides is 1. The monoisotopic (exact) mass is 244 g/mol. The van der Waals surface area contributed by atoms with E-state index < -0.39 is 0 Å². The lowest BCUT2D eigenvalue weighted by molar-refractivity contribution is 0.00589. The normalized spacial score (nSPS) is 15.5. The minimum absolute atomic E-state index is 0.0673. The zero-order valence-electron chi connectivity index (χ0n) is 9.60. The highest BCUT2D eigenvalue weighted by Crippen LogP contribution is 2.15. The summed E-state index contributed by atoms with van der Waals surface area (Å²) in [5.74, 6) is -0.0673. The lowest BCUT2D eigenvalue weighted by atomic mass is 10.1. The second-order valence-electron chi connectivity index (χ2n) is 4.25. The molecular weight excluding hydrogens is 232 g/mol. The van der Waals surface area contributed by atoms with Gasteiger partial charge in [-0.3, -0.25) is 4.79 Å². The second-order valence-corrected chi connectivity index (χ2v) is 4.25. The van der Waals surface area contributed by atoms with Crippen LogP contribution in [0.1, 0.15) is 10.4 Å². The lowest BCUT2D eigenvalue weighted by Gasteiger charge is -2.35. The van der Waals surface area contributed by atoms with Crippen molar-refractivity contribution in [2.75, 3.05) is 13.1 Å². The number of hydrogen-bond acceptors (Lipinski definition) is 4. The number of aliphatic hydroxyl groups excluding tert-OH is 1. The lowest BCUT2D eigenvalue weighted by Crippen LogP contribution is -2.53. The van der Waals surface area contributed by atoms with Gasteiger partial charge in [-0.2, -0.15) is 5.10 Å². The molecule has 0 aliphatic carbocycles. The van der Waals surface area contributed by atoms with Gasteiger partial charge in [0.15, 0.2) is 0 Å². The molecule has 2 heterocycles. The molecule has 1 amide bonds. The fourth-order valence-electron chi connectivity index (χ4n) is 1.93. The average molecular weight is 244 g/mol. The molecule has 1 aliphatic rings. The number of nitrogens with zero attached hydrogens (tertiary/aromatic N) is 4.